The Morgan fingerprint density at radius 1 is 0.923 bits per heavy atom. The molecular formula is C32H38N4O3. The average Bonchev–Trinajstić information content (AvgIpc) is 3.01. The molecule has 3 atom stereocenters. The van der Waals surface area contributed by atoms with Crippen LogP contribution in [0.2, 0.25) is 0 Å². The molecule has 0 spiro atoms. The maximum atomic E-state index is 14.5. The molecule has 7 heteroatoms. The summed E-state index contributed by atoms with van der Waals surface area (Å²) in [6.07, 6.45) is 1.16. The van der Waals surface area contributed by atoms with Gasteiger partial charge < -0.3 is 5.73 Å². The number of hydrogen-bond donors (Lipinski definition) is 2. The van der Waals surface area contributed by atoms with E-state index in [4.69, 9.17) is 5.73 Å². The van der Waals surface area contributed by atoms with E-state index >= 15 is 0 Å². The van der Waals surface area contributed by atoms with Crippen molar-refractivity contribution in [1.82, 2.24) is 10.4 Å². The Labute approximate surface area is 231 Å². The van der Waals surface area contributed by atoms with E-state index in [0.717, 1.165) is 16.7 Å². The van der Waals surface area contributed by atoms with Gasteiger partial charge in [0.05, 0.1) is 6.04 Å². The van der Waals surface area contributed by atoms with Crippen molar-refractivity contribution in [2.24, 2.45) is 11.1 Å². The van der Waals surface area contributed by atoms with Crippen LogP contribution in [0.5, 0.6) is 0 Å². The summed E-state index contributed by atoms with van der Waals surface area (Å²) < 4.78 is 0. The normalized spacial score (nSPS) is 19.7. The number of primary amides is 1. The lowest BCUT2D eigenvalue weighted by molar-refractivity contribution is -0.145. The number of urea groups is 1. The van der Waals surface area contributed by atoms with Crippen LogP contribution >= 0.6 is 0 Å². The van der Waals surface area contributed by atoms with E-state index in [0.29, 0.717) is 18.5 Å². The zero-order valence-corrected chi connectivity index (χ0v) is 23.1. The fraction of sp³-hybridized carbons (Fsp3) is 0.344. The Balaban J connectivity index is 1.85. The second-order valence-corrected chi connectivity index (χ2v) is 11.5. The van der Waals surface area contributed by atoms with Gasteiger partial charge in [0.25, 0.3) is 5.91 Å². The Hall–Kier alpha value is -4.13. The van der Waals surface area contributed by atoms with Crippen LogP contribution in [0, 0.1) is 12.3 Å². The lowest BCUT2D eigenvalue weighted by Gasteiger charge is -2.35. The number of carbonyl (C=O) groups is 3. The SMILES string of the molecule is Cc1cccc(N(C(N)=O)[C@@H]2C[C@@H](c3ccccc3)CC(c3ccccc3)N(NC(=O)CC(C)(C)C)C2=O)c1. The predicted octanol–water partition coefficient (Wildman–Crippen LogP) is 5.86. The van der Waals surface area contributed by atoms with Crippen molar-refractivity contribution in [2.45, 2.75) is 65.0 Å². The van der Waals surface area contributed by atoms with Crippen LogP contribution in [-0.4, -0.2) is 28.9 Å². The van der Waals surface area contributed by atoms with Crippen LogP contribution in [0.15, 0.2) is 84.9 Å². The molecule has 1 aliphatic rings. The van der Waals surface area contributed by atoms with Gasteiger partial charge in [-0.2, -0.15) is 0 Å². The van der Waals surface area contributed by atoms with Gasteiger partial charge >= 0.3 is 6.03 Å². The fourth-order valence-corrected chi connectivity index (χ4v) is 5.36. The van der Waals surface area contributed by atoms with Crippen LogP contribution in [-0.2, 0) is 9.59 Å². The molecule has 1 heterocycles. The first-order chi connectivity index (χ1) is 18.5. The first kappa shape index (κ1) is 27.9. The summed E-state index contributed by atoms with van der Waals surface area (Å²) in [5.74, 6) is -0.707. The highest BCUT2D eigenvalue weighted by molar-refractivity contribution is 6.00. The molecule has 0 radical (unpaired) electrons. The highest BCUT2D eigenvalue weighted by Gasteiger charge is 2.43. The van der Waals surface area contributed by atoms with Crippen LogP contribution < -0.4 is 16.1 Å². The average molecular weight is 527 g/mol. The summed E-state index contributed by atoms with van der Waals surface area (Å²) >= 11 is 0. The summed E-state index contributed by atoms with van der Waals surface area (Å²) in [6.45, 7) is 7.86. The van der Waals surface area contributed by atoms with E-state index in [1.807, 2.05) is 107 Å². The van der Waals surface area contributed by atoms with Gasteiger partial charge in [-0.3, -0.25) is 19.9 Å². The molecule has 204 valence electrons. The number of nitrogens with one attached hydrogen (secondary N) is 1. The minimum atomic E-state index is -0.918. The van der Waals surface area contributed by atoms with Crippen molar-refractivity contribution in [3.05, 3.63) is 102 Å². The standard InChI is InChI=1S/C32H38N4O3/c1-22-12-11-17-26(18-22)35(31(33)39)28-20-25(23-13-7-5-8-14-23)19-27(24-15-9-6-10-16-24)36(30(28)38)34-29(37)21-32(2,3)4/h5-18,25,27-28H,19-21H2,1-4H3,(H2,33,39)(H,34,37)/t25-,27?,28+/m0/s1. The summed E-state index contributed by atoms with van der Waals surface area (Å²) in [5, 5.41) is 1.45. The molecule has 0 bridgehead atoms. The van der Waals surface area contributed by atoms with Crippen LogP contribution in [0.3, 0.4) is 0 Å². The van der Waals surface area contributed by atoms with Crippen molar-refractivity contribution in [2.75, 3.05) is 4.90 Å². The van der Waals surface area contributed by atoms with Gasteiger partial charge in [-0.25, -0.2) is 9.80 Å². The molecule has 1 saturated heterocycles. The Bertz CT molecular complexity index is 1300. The maximum absolute atomic E-state index is 14.5. The highest BCUT2D eigenvalue weighted by Crippen LogP contribution is 2.40. The number of carbonyl (C=O) groups excluding carboxylic acids is 3. The molecular weight excluding hydrogens is 488 g/mol. The number of hydrazine groups is 1. The van der Waals surface area contributed by atoms with Crippen molar-refractivity contribution < 1.29 is 14.4 Å². The number of anilines is 1. The second-order valence-electron chi connectivity index (χ2n) is 11.5. The first-order valence-electron chi connectivity index (χ1n) is 13.4. The zero-order chi connectivity index (χ0) is 28.2. The first-order valence-corrected chi connectivity index (χ1v) is 13.4. The van der Waals surface area contributed by atoms with Gasteiger partial charge in [-0.15, -0.1) is 0 Å². The van der Waals surface area contributed by atoms with E-state index in [9.17, 15) is 14.4 Å². The second kappa shape index (κ2) is 11.7. The molecule has 0 saturated carbocycles. The topological polar surface area (TPSA) is 95.7 Å². The Kier molecular flexibility index (Phi) is 8.38. The molecule has 4 rings (SSSR count). The minimum Gasteiger partial charge on any atom is -0.351 e. The van der Waals surface area contributed by atoms with Gasteiger partial charge in [0.1, 0.15) is 6.04 Å². The molecule has 39 heavy (non-hydrogen) atoms. The van der Waals surface area contributed by atoms with Crippen molar-refractivity contribution in [3.63, 3.8) is 0 Å². The molecule has 3 aromatic rings. The van der Waals surface area contributed by atoms with E-state index in [1.54, 1.807) is 6.07 Å². The number of aryl methyl sites for hydroxylation is 1. The number of nitrogens with two attached hydrogens (primary N) is 1. The Morgan fingerprint density at radius 2 is 1.54 bits per heavy atom. The van der Waals surface area contributed by atoms with Crippen LogP contribution in [0.1, 0.15) is 68.7 Å². The van der Waals surface area contributed by atoms with E-state index in [2.05, 4.69) is 5.43 Å². The fourth-order valence-electron chi connectivity index (χ4n) is 5.36. The quantitative estimate of drug-likeness (QED) is 0.421. The molecule has 3 N–H and O–H groups in total. The van der Waals surface area contributed by atoms with Crippen molar-refractivity contribution in [1.29, 1.82) is 0 Å². The molecule has 0 aliphatic carbocycles. The van der Waals surface area contributed by atoms with Gasteiger partial charge in [0.15, 0.2) is 0 Å². The van der Waals surface area contributed by atoms with Crippen molar-refractivity contribution >= 4 is 23.5 Å². The number of amides is 4. The summed E-state index contributed by atoms with van der Waals surface area (Å²) in [4.78, 5) is 42.0. The number of benzene rings is 3. The third kappa shape index (κ3) is 6.85. The minimum absolute atomic E-state index is 0.0819. The zero-order valence-electron chi connectivity index (χ0n) is 23.1. The molecule has 4 amide bonds. The largest absolute Gasteiger partial charge is 0.351 e. The number of nitrogens with zero attached hydrogens (tertiary/aromatic N) is 2. The van der Waals surface area contributed by atoms with E-state index in [1.165, 1.54) is 9.91 Å². The molecule has 3 aromatic carbocycles. The molecule has 0 aromatic heterocycles. The summed E-state index contributed by atoms with van der Waals surface area (Å²) in [6, 6.07) is 25.0. The van der Waals surface area contributed by atoms with Crippen LogP contribution in [0.25, 0.3) is 0 Å². The third-order valence-electron chi connectivity index (χ3n) is 7.07. The number of hydrogen-bond acceptors (Lipinski definition) is 3. The van der Waals surface area contributed by atoms with Gasteiger partial charge in [0, 0.05) is 12.1 Å². The smallest absolute Gasteiger partial charge is 0.320 e. The van der Waals surface area contributed by atoms with Crippen LogP contribution in [0.4, 0.5) is 10.5 Å². The van der Waals surface area contributed by atoms with Gasteiger partial charge in [-0.1, -0.05) is 93.6 Å². The van der Waals surface area contributed by atoms with E-state index in [-0.39, 0.29) is 29.6 Å². The number of rotatable bonds is 6. The summed E-state index contributed by atoms with van der Waals surface area (Å²) in [5.41, 5.74) is 12.1. The monoisotopic (exact) mass is 526 g/mol. The maximum Gasteiger partial charge on any atom is 0.320 e. The molecule has 1 fully saturated rings. The predicted molar refractivity (Wildman–Crippen MR) is 154 cm³/mol. The third-order valence-corrected chi connectivity index (χ3v) is 7.07. The van der Waals surface area contributed by atoms with Crippen molar-refractivity contribution in [3.8, 4) is 0 Å². The lowest BCUT2D eigenvalue weighted by Crippen LogP contribution is -2.57. The summed E-state index contributed by atoms with van der Waals surface area (Å²) in [7, 11) is 0. The highest BCUT2D eigenvalue weighted by atomic mass is 16.2. The molecule has 1 aliphatic heterocycles. The molecule has 1 unspecified atom stereocenters. The van der Waals surface area contributed by atoms with Gasteiger partial charge in [0.2, 0.25) is 5.91 Å². The Morgan fingerprint density at radius 3 is 2.10 bits per heavy atom. The van der Waals surface area contributed by atoms with E-state index < -0.39 is 18.1 Å². The lowest BCUT2D eigenvalue weighted by atomic mass is 9.86. The van der Waals surface area contributed by atoms with Gasteiger partial charge in [-0.05, 0) is 59.9 Å². The molecule has 7 nitrogen and oxygen atoms in total.